The van der Waals surface area contributed by atoms with Crippen molar-refractivity contribution in [3.8, 4) is 0 Å². The van der Waals surface area contributed by atoms with Crippen LogP contribution in [-0.4, -0.2) is 31.0 Å². The third-order valence-corrected chi connectivity index (χ3v) is 7.21. The lowest BCUT2D eigenvalue weighted by Crippen LogP contribution is -2.31. The van der Waals surface area contributed by atoms with Crippen LogP contribution in [0.15, 0.2) is 16.7 Å². The molecule has 0 saturated heterocycles. The number of hydrogen-bond donors (Lipinski definition) is 0. The second kappa shape index (κ2) is 7.68. The molecule has 0 saturated carbocycles. The molecule has 0 aliphatic carbocycles. The van der Waals surface area contributed by atoms with Crippen molar-refractivity contribution in [3.05, 3.63) is 23.7 Å². The van der Waals surface area contributed by atoms with Crippen molar-refractivity contribution in [1.82, 2.24) is 0 Å². The van der Waals surface area contributed by atoms with Crippen LogP contribution in [0.5, 0.6) is 0 Å². The smallest absolute Gasteiger partial charge is 0.339 e. The van der Waals surface area contributed by atoms with E-state index < -0.39 is 24.5 Å². The molecule has 0 fully saturated rings. The van der Waals surface area contributed by atoms with Gasteiger partial charge in [-0.25, -0.2) is 0 Å². The number of carbonyl (C=O) groups excluding carboxylic acids is 1. The average molecular weight is 348 g/mol. The lowest BCUT2D eigenvalue weighted by atomic mass is 10.1. The van der Waals surface area contributed by atoms with E-state index in [0.29, 0.717) is 17.1 Å². The van der Waals surface area contributed by atoms with E-state index in [1.54, 1.807) is 26.8 Å². The second-order valence-electron chi connectivity index (χ2n) is 4.60. The second-order valence-corrected chi connectivity index (χ2v) is 7.89. The standard InChI is InChI=1S/C14H21O6PS/c1-4-17-14(15)13-12(21(16,19-5-2)20-6-3)10-7-8-18-11(10)9-22-13/h7-8,12-13H,4-6,9H2,1-3H3. The van der Waals surface area contributed by atoms with Crippen LogP contribution in [0.25, 0.3) is 0 Å². The molecule has 0 spiro atoms. The summed E-state index contributed by atoms with van der Waals surface area (Å²) in [5, 5.41) is -0.631. The van der Waals surface area contributed by atoms with Gasteiger partial charge in [0.1, 0.15) is 16.7 Å². The van der Waals surface area contributed by atoms with E-state index in [4.69, 9.17) is 18.2 Å². The molecule has 0 amide bonds. The Hall–Kier alpha value is -0.750. The number of hydrogen-bond acceptors (Lipinski definition) is 7. The Labute approximate surface area is 134 Å². The summed E-state index contributed by atoms with van der Waals surface area (Å²) in [5.74, 6) is 0.833. The number of carbonyl (C=O) groups is 1. The summed E-state index contributed by atoms with van der Waals surface area (Å²) in [4.78, 5) is 12.3. The minimum absolute atomic E-state index is 0.237. The van der Waals surface area contributed by atoms with E-state index in [-0.39, 0.29) is 19.8 Å². The Bertz CT molecular complexity index is 547. The molecular weight excluding hydrogens is 327 g/mol. The number of furan rings is 1. The van der Waals surface area contributed by atoms with Crippen LogP contribution in [0.4, 0.5) is 0 Å². The minimum atomic E-state index is -3.51. The fourth-order valence-corrected chi connectivity index (χ4v) is 6.41. The van der Waals surface area contributed by atoms with Crippen LogP contribution < -0.4 is 0 Å². The first-order valence-corrected chi connectivity index (χ1v) is 9.96. The Balaban J connectivity index is 2.44. The van der Waals surface area contributed by atoms with Gasteiger partial charge >= 0.3 is 13.6 Å². The molecule has 8 heteroatoms. The first-order chi connectivity index (χ1) is 10.6. The van der Waals surface area contributed by atoms with Gasteiger partial charge in [0.25, 0.3) is 0 Å². The predicted octanol–water partition coefficient (Wildman–Crippen LogP) is 3.77. The molecule has 1 aliphatic rings. The quantitative estimate of drug-likeness (QED) is 0.548. The molecule has 1 aromatic rings. The largest absolute Gasteiger partial charge is 0.468 e. The normalized spacial score (nSPS) is 21.4. The number of ether oxygens (including phenoxy) is 1. The van der Waals surface area contributed by atoms with Crippen LogP contribution in [0.2, 0.25) is 0 Å². The lowest BCUT2D eigenvalue weighted by Gasteiger charge is -2.33. The molecule has 1 aromatic heterocycles. The van der Waals surface area contributed by atoms with E-state index in [9.17, 15) is 9.36 Å². The Morgan fingerprint density at radius 2 is 2.00 bits per heavy atom. The van der Waals surface area contributed by atoms with Crippen molar-refractivity contribution in [1.29, 1.82) is 0 Å². The maximum Gasteiger partial charge on any atom is 0.339 e. The summed E-state index contributed by atoms with van der Waals surface area (Å²) in [6.45, 7) is 5.99. The van der Waals surface area contributed by atoms with Gasteiger partial charge in [0.15, 0.2) is 0 Å². The summed E-state index contributed by atoms with van der Waals surface area (Å²) >= 11 is 1.34. The fraction of sp³-hybridized carbons (Fsp3) is 0.643. The monoisotopic (exact) mass is 348 g/mol. The van der Waals surface area contributed by atoms with E-state index in [2.05, 4.69) is 0 Å². The van der Waals surface area contributed by atoms with Gasteiger partial charge < -0.3 is 18.2 Å². The zero-order chi connectivity index (χ0) is 16.2. The molecule has 1 aliphatic heterocycles. The molecule has 6 nitrogen and oxygen atoms in total. The van der Waals surface area contributed by atoms with Crippen LogP contribution in [-0.2, 0) is 28.9 Å². The Kier molecular flexibility index (Phi) is 6.15. The Morgan fingerprint density at radius 1 is 1.32 bits per heavy atom. The molecule has 2 heterocycles. The average Bonchev–Trinajstić information content (AvgIpc) is 2.95. The first-order valence-electron chi connectivity index (χ1n) is 7.30. The van der Waals surface area contributed by atoms with E-state index in [1.165, 1.54) is 18.0 Å². The van der Waals surface area contributed by atoms with Gasteiger partial charge in [-0.1, -0.05) is 0 Å². The maximum atomic E-state index is 13.2. The number of thioether (sulfide) groups is 1. The highest BCUT2D eigenvalue weighted by atomic mass is 32.2. The number of fused-ring (bicyclic) bond motifs is 1. The third-order valence-electron chi connectivity index (χ3n) is 3.26. The molecule has 2 unspecified atom stereocenters. The van der Waals surface area contributed by atoms with Crippen molar-refractivity contribution < 1.29 is 27.6 Å². The van der Waals surface area contributed by atoms with Crippen molar-refractivity contribution in [2.45, 2.75) is 37.4 Å². The number of esters is 1. The topological polar surface area (TPSA) is 75.0 Å². The Morgan fingerprint density at radius 3 is 2.59 bits per heavy atom. The van der Waals surface area contributed by atoms with Gasteiger partial charge in [-0.15, -0.1) is 11.8 Å². The molecular formula is C14H21O6PS. The van der Waals surface area contributed by atoms with Gasteiger partial charge in [-0.2, -0.15) is 0 Å². The summed E-state index contributed by atoms with van der Waals surface area (Å²) < 4.78 is 34.7. The van der Waals surface area contributed by atoms with Crippen molar-refractivity contribution >= 4 is 25.3 Å². The SMILES string of the molecule is CCOC(=O)C1SCc2occc2C1P(=O)(OCC)OCC. The van der Waals surface area contributed by atoms with E-state index in [0.717, 1.165) is 0 Å². The van der Waals surface area contributed by atoms with Crippen molar-refractivity contribution in [3.63, 3.8) is 0 Å². The van der Waals surface area contributed by atoms with Gasteiger partial charge in [0, 0.05) is 5.56 Å². The maximum absolute atomic E-state index is 13.2. The van der Waals surface area contributed by atoms with E-state index in [1.807, 2.05) is 0 Å². The highest BCUT2D eigenvalue weighted by molar-refractivity contribution is 8.00. The van der Waals surface area contributed by atoms with E-state index >= 15 is 0 Å². The highest BCUT2D eigenvalue weighted by Crippen LogP contribution is 2.66. The molecule has 0 N–H and O–H groups in total. The highest BCUT2D eigenvalue weighted by Gasteiger charge is 2.50. The molecule has 124 valence electrons. The molecule has 2 rings (SSSR count). The number of rotatable bonds is 7. The van der Waals surface area contributed by atoms with Crippen molar-refractivity contribution in [2.24, 2.45) is 0 Å². The van der Waals surface area contributed by atoms with Crippen molar-refractivity contribution in [2.75, 3.05) is 19.8 Å². The first kappa shape index (κ1) is 17.6. The summed E-state index contributed by atoms with van der Waals surface area (Å²) in [5.41, 5.74) is 0.000913. The minimum Gasteiger partial charge on any atom is -0.468 e. The summed E-state index contributed by atoms with van der Waals surface area (Å²) in [7, 11) is -3.51. The van der Waals surface area contributed by atoms with Crippen LogP contribution in [0.1, 0.15) is 37.8 Å². The van der Waals surface area contributed by atoms with Gasteiger partial charge in [0.2, 0.25) is 0 Å². The van der Waals surface area contributed by atoms with Gasteiger partial charge in [-0.3, -0.25) is 9.36 Å². The summed E-state index contributed by atoms with van der Waals surface area (Å²) in [6.07, 6.45) is 1.54. The van der Waals surface area contributed by atoms with Crippen LogP contribution in [0, 0.1) is 0 Å². The van der Waals surface area contributed by atoms with Crippen LogP contribution >= 0.6 is 19.4 Å². The summed E-state index contributed by atoms with van der Waals surface area (Å²) in [6, 6.07) is 1.73. The van der Waals surface area contributed by atoms with Gasteiger partial charge in [-0.05, 0) is 26.8 Å². The molecule has 22 heavy (non-hydrogen) atoms. The molecule has 0 aromatic carbocycles. The van der Waals surface area contributed by atoms with Crippen LogP contribution in [0.3, 0.4) is 0 Å². The zero-order valence-corrected chi connectivity index (χ0v) is 14.7. The molecule has 0 radical (unpaired) electrons. The lowest BCUT2D eigenvalue weighted by molar-refractivity contribution is -0.142. The molecule has 0 bridgehead atoms. The predicted molar refractivity (Wildman–Crippen MR) is 84.0 cm³/mol. The third kappa shape index (κ3) is 3.43. The fourth-order valence-electron chi connectivity index (χ4n) is 2.47. The zero-order valence-electron chi connectivity index (χ0n) is 12.9. The van der Waals surface area contributed by atoms with Gasteiger partial charge in [0.05, 0.1) is 31.8 Å². The molecule has 2 atom stereocenters.